The molecule has 5 nitrogen and oxygen atoms in total. The van der Waals surface area contributed by atoms with Gasteiger partial charge in [-0.3, -0.25) is 0 Å². The Kier molecular flexibility index (Phi) is 3.68. The topological polar surface area (TPSA) is 66.5 Å². The van der Waals surface area contributed by atoms with Crippen molar-refractivity contribution in [2.24, 2.45) is 5.92 Å². The monoisotopic (exact) mass is 238 g/mol. The number of nitrogen functional groups attached to an aromatic ring is 1. The summed E-state index contributed by atoms with van der Waals surface area (Å²) in [6, 6.07) is 1.66. The van der Waals surface area contributed by atoms with E-state index in [9.17, 15) is 4.79 Å². The van der Waals surface area contributed by atoms with E-state index in [-0.39, 0.29) is 5.97 Å². The number of hydrogen-bond acceptors (Lipinski definition) is 4. The number of carbonyl (C=O) groups is 1. The van der Waals surface area contributed by atoms with Crippen molar-refractivity contribution in [3.8, 4) is 0 Å². The summed E-state index contributed by atoms with van der Waals surface area (Å²) in [4.78, 5) is 11.6. The average molecular weight is 238 g/mol. The number of nitrogens with two attached hydrogens (primary N) is 1. The maximum absolute atomic E-state index is 11.6. The van der Waals surface area contributed by atoms with Gasteiger partial charge in [-0.2, -0.15) is 0 Å². The first kappa shape index (κ1) is 12.0. The Labute approximate surface area is 100 Å². The van der Waals surface area contributed by atoms with Gasteiger partial charge in [0, 0.05) is 26.0 Å². The van der Waals surface area contributed by atoms with Crippen LogP contribution in [0.5, 0.6) is 0 Å². The van der Waals surface area contributed by atoms with E-state index in [4.69, 9.17) is 15.2 Å². The molecule has 1 aliphatic heterocycles. The van der Waals surface area contributed by atoms with Gasteiger partial charge in [0.05, 0.1) is 12.8 Å². The van der Waals surface area contributed by atoms with Gasteiger partial charge in [-0.25, -0.2) is 4.79 Å². The van der Waals surface area contributed by atoms with Crippen LogP contribution in [-0.4, -0.2) is 30.9 Å². The molecule has 2 heterocycles. The maximum atomic E-state index is 11.6. The molecule has 1 saturated heterocycles. The maximum Gasteiger partial charge on any atom is 0.354 e. The quantitative estimate of drug-likeness (QED) is 0.806. The zero-order valence-corrected chi connectivity index (χ0v) is 10.0. The van der Waals surface area contributed by atoms with Crippen molar-refractivity contribution in [2.75, 3.05) is 26.1 Å². The molecule has 0 unspecified atom stereocenters. The summed E-state index contributed by atoms with van der Waals surface area (Å²) in [6.45, 7) is 2.40. The van der Waals surface area contributed by atoms with Crippen LogP contribution in [0, 0.1) is 5.92 Å². The molecule has 5 heteroatoms. The van der Waals surface area contributed by atoms with Crippen molar-refractivity contribution < 1.29 is 14.3 Å². The number of ether oxygens (including phenoxy) is 2. The smallest absolute Gasteiger partial charge is 0.354 e. The number of rotatable bonds is 3. The van der Waals surface area contributed by atoms with Crippen molar-refractivity contribution in [1.29, 1.82) is 0 Å². The first-order valence-corrected chi connectivity index (χ1v) is 5.82. The van der Waals surface area contributed by atoms with E-state index in [1.165, 1.54) is 7.11 Å². The highest BCUT2D eigenvalue weighted by molar-refractivity contribution is 5.88. The molecule has 0 bridgehead atoms. The van der Waals surface area contributed by atoms with Crippen molar-refractivity contribution >= 4 is 11.7 Å². The second-order valence-electron chi connectivity index (χ2n) is 4.36. The van der Waals surface area contributed by atoms with Crippen LogP contribution in [0.15, 0.2) is 12.3 Å². The van der Waals surface area contributed by atoms with Crippen molar-refractivity contribution in [3.63, 3.8) is 0 Å². The van der Waals surface area contributed by atoms with E-state index >= 15 is 0 Å². The third kappa shape index (κ3) is 2.79. The van der Waals surface area contributed by atoms with Gasteiger partial charge in [0.2, 0.25) is 0 Å². The van der Waals surface area contributed by atoms with E-state index in [1.807, 2.05) is 4.57 Å². The normalized spacial score (nSPS) is 17.0. The van der Waals surface area contributed by atoms with Gasteiger partial charge >= 0.3 is 5.97 Å². The lowest BCUT2D eigenvalue weighted by molar-refractivity contribution is 0.0555. The Morgan fingerprint density at radius 2 is 2.29 bits per heavy atom. The summed E-state index contributed by atoms with van der Waals surface area (Å²) >= 11 is 0. The molecule has 1 aromatic rings. The van der Waals surface area contributed by atoms with Crippen molar-refractivity contribution in [2.45, 2.75) is 19.4 Å². The molecule has 1 fully saturated rings. The summed E-state index contributed by atoms with van der Waals surface area (Å²) in [7, 11) is 1.38. The lowest BCUT2D eigenvalue weighted by atomic mass is 10.0. The van der Waals surface area contributed by atoms with Gasteiger partial charge in [-0.05, 0) is 24.8 Å². The number of nitrogens with zero attached hydrogens (tertiary/aromatic N) is 1. The van der Waals surface area contributed by atoms with Crippen LogP contribution in [0.25, 0.3) is 0 Å². The summed E-state index contributed by atoms with van der Waals surface area (Å²) in [6.07, 6.45) is 3.85. The lowest BCUT2D eigenvalue weighted by Crippen LogP contribution is -2.22. The van der Waals surface area contributed by atoms with E-state index in [0.29, 0.717) is 17.3 Å². The summed E-state index contributed by atoms with van der Waals surface area (Å²) in [5, 5.41) is 0. The number of carbonyl (C=O) groups excluding carboxylic acids is 1. The predicted octanol–water partition coefficient (Wildman–Crippen LogP) is 1.28. The Balaban J connectivity index is 2.11. The summed E-state index contributed by atoms with van der Waals surface area (Å²) in [5.41, 5.74) is 6.84. The molecule has 0 radical (unpaired) electrons. The highest BCUT2D eigenvalue weighted by atomic mass is 16.5. The highest BCUT2D eigenvalue weighted by Crippen LogP contribution is 2.20. The third-order valence-electron chi connectivity index (χ3n) is 3.11. The third-order valence-corrected chi connectivity index (χ3v) is 3.11. The van der Waals surface area contributed by atoms with Crippen molar-refractivity contribution in [3.05, 3.63) is 18.0 Å². The number of aromatic nitrogens is 1. The molecule has 17 heavy (non-hydrogen) atoms. The van der Waals surface area contributed by atoms with Crippen LogP contribution in [0.4, 0.5) is 5.69 Å². The Morgan fingerprint density at radius 1 is 1.59 bits per heavy atom. The van der Waals surface area contributed by atoms with Crippen molar-refractivity contribution in [1.82, 2.24) is 4.57 Å². The zero-order chi connectivity index (χ0) is 12.3. The van der Waals surface area contributed by atoms with Crippen LogP contribution in [0.1, 0.15) is 23.3 Å². The predicted molar refractivity (Wildman–Crippen MR) is 63.7 cm³/mol. The number of hydrogen-bond donors (Lipinski definition) is 1. The number of methoxy groups -OCH3 is 1. The SMILES string of the molecule is COC(=O)c1cc(N)cn1CC1CCOCC1. The minimum atomic E-state index is -0.339. The van der Waals surface area contributed by atoms with E-state index in [2.05, 4.69) is 0 Å². The number of esters is 1. The first-order chi connectivity index (χ1) is 8.20. The van der Waals surface area contributed by atoms with Crippen LogP contribution < -0.4 is 5.73 Å². The molecule has 2 N–H and O–H groups in total. The zero-order valence-electron chi connectivity index (χ0n) is 10.0. The Bertz CT molecular complexity index is 394. The molecule has 1 aromatic heterocycles. The first-order valence-electron chi connectivity index (χ1n) is 5.82. The molecular formula is C12H18N2O3. The number of anilines is 1. The average Bonchev–Trinajstić information content (AvgIpc) is 2.70. The minimum absolute atomic E-state index is 0.339. The second kappa shape index (κ2) is 5.23. The molecular weight excluding hydrogens is 220 g/mol. The van der Waals surface area contributed by atoms with E-state index in [0.717, 1.165) is 32.6 Å². The second-order valence-corrected chi connectivity index (χ2v) is 4.36. The molecule has 94 valence electrons. The fourth-order valence-electron chi connectivity index (χ4n) is 2.17. The van der Waals surface area contributed by atoms with E-state index < -0.39 is 0 Å². The molecule has 1 aliphatic rings. The van der Waals surface area contributed by atoms with Gasteiger partial charge in [-0.1, -0.05) is 0 Å². The largest absolute Gasteiger partial charge is 0.464 e. The standard InChI is InChI=1S/C12H18N2O3/c1-16-12(15)11-6-10(13)8-14(11)7-9-2-4-17-5-3-9/h6,8-9H,2-5,7,13H2,1H3. The summed E-state index contributed by atoms with van der Waals surface area (Å²) < 4.78 is 11.9. The van der Waals surface area contributed by atoms with Gasteiger partial charge in [0.25, 0.3) is 0 Å². The lowest BCUT2D eigenvalue weighted by Gasteiger charge is -2.23. The molecule has 0 aromatic carbocycles. The van der Waals surface area contributed by atoms with Gasteiger partial charge in [0.1, 0.15) is 5.69 Å². The molecule has 2 rings (SSSR count). The molecule has 0 atom stereocenters. The Morgan fingerprint density at radius 3 is 2.94 bits per heavy atom. The minimum Gasteiger partial charge on any atom is -0.464 e. The Hall–Kier alpha value is -1.49. The van der Waals surface area contributed by atoms with E-state index in [1.54, 1.807) is 12.3 Å². The van der Waals surface area contributed by atoms with Crippen LogP contribution >= 0.6 is 0 Å². The van der Waals surface area contributed by atoms with Gasteiger partial charge < -0.3 is 19.8 Å². The molecule has 0 amide bonds. The molecule has 0 aliphatic carbocycles. The highest BCUT2D eigenvalue weighted by Gasteiger charge is 2.18. The van der Waals surface area contributed by atoms with Crippen LogP contribution in [0.3, 0.4) is 0 Å². The van der Waals surface area contributed by atoms with Gasteiger partial charge in [-0.15, -0.1) is 0 Å². The fourth-order valence-corrected chi connectivity index (χ4v) is 2.17. The fraction of sp³-hybridized carbons (Fsp3) is 0.583. The molecule has 0 spiro atoms. The van der Waals surface area contributed by atoms with Gasteiger partial charge in [0.15, 0.2) is 0 Å². The summed E-state index contributed by atoms with van der Waals surface area (Å²) in [5.74, 6) is 0.202. The van der Waals surface area contributed by atoms with Crippen LogP contribution in [0.2, 0.25) is 0 Å². The molecule has 0 saturated carbocycles. The van der Waals surface area contributed by atoms with Crippen LogP contribution in [-0.2, 0) is 16.0 Å².